The second kappa shape index (κ2) is 4.10. The van der Waals surface area contributed by atoms with E-state index in [-0.39, 0.29) is 10.6 Å². The molecule has 1 rings (SSSR count). The summed E-state index contributed by atoms with van der Waals surface area (Å²) in [5.41, 5.74) is -1.05. The van der Waals surface area contributed by atoms with Crippen molar-refractivity contribution in [2.45, 2.75) is 6.18 Å². The van der Waals surface area contributed by atoms with Crippen LogP contribution in [0.1, 0.15) is 15.9 Å². The van der Waals surface area contributed by atoms with E-state index >= 15 is 0 Å². The van der Waals surface area contributed by atoms with Crippen LogP contribution in [0.3, 0.4) is 0 Å². The van der Waals surface area contributed by atoms with Crippen molar-refractivity contribution < 1.29 is 18.0 Å². The van der Waals surface area contributed by atoms with Crippen molar-refractivity contribution in [3.05, 3.63) is 34.3 Å². The molecule has 0 aliphatic heterocycles. The van der Waals surface area contributed by atoms with Gasteiger partial charge in [0.2, 0.25) is 0 Å². The summed E-state index contributed by atoms with van der Waals surface area (Å²) in [4.78, 5) is 11.1. The molecule has 1 N–H and O–H groups in total. The van der Waals surface area contributed by atoms with Crippen molar-refractivity contribution in [2.75, 3.05) is 7.05 Å². The summed E-state index contributed by atoms with van der Waals surface area (Å²) in [5.74, 6) is -0.608. The van der Waals surface area contributed by atoms with E-state index in [1.807, 2.05) is 0 Å². The van der Waals surface area contributed by atoms with Crippen LogP contribution in [-0.4, -0.2) is 13.0 Å². The van der Waals surface area contributed by atoms with Gasteiger partial charge in [0.15, 0.2) is 0 Å². The zero-order valence-corrected chi connectivity index (χ0v) is 8.41. The van der Waals surface area contributed by atoms with Gasteiger partial charge in [0, 0.05) is 17.6 Å². The molecule has 0 fully saturated rings. The van der Waals surface area contributed by atoms with Gasteiger partial charge in [-0.2, -0.15) is 13.2 Å². The molecule has 82 valence electrons. The van der Waals surface area contributed by atoms with Crippen LogP contribution in [0.25, 0.3) is 0 Å². The van der Waals surface area contributed by atoms with Crippen LogP contribution in [-0.2, 0) is 6.18 Å². The fraction of sp³-hybridized carbons (Fsp3) is 0.222. The number of nitrogens with one attached hydrogen (secondary N) is 1. The van der Waals surface area contributed by atoms with Crippen LogP contribution in [0, 0.1) is 0 Å². The fourth-order valence-electron chi connectivity index (χ4n) is 1.03. The topological polar surface area (TPSA) is 29.1 Å². The molecule has 0 saturated carbocycles. The number of hydrogen-bond donors (Lipinski definition) is 1. The van der Waals surface area contributed by atoms with Gasteiger partial charge in [-0.05, 0) is 18.2 Å². The normalized spacial score (nSPS) is 11.3. The molecule has 0 radical (unpaired) electrons. The maximum atomic E-state index is 12.3. The van der Waals surface area contributed by atoms with Crippen molar-refractivity contribution in [2.24, 2.45) is 0 Å². The Hall–Kier alpha value is -1.23. The SMILES string of the molecule is CNC(=O)c1cc(Cl)cc(C(F)(F)F)c1. The van der Waals surface area contributed by atoms with Gasteiger partial charge in [0.1, 0.15) is 0 Å². The average molecular weight is 238 g/mol. The molecule has 15 heavy (non-hydrogen) atoms. The van der Waals surface area contributed by atoms with Gasteiger partial charge in [0.05, 0.1) is 5.56 Å². The molecule has 6 heteroatoms. The van der Waals surface area contributed by atoms with Gasteiger partial charge < -0.3 is 5.32 Å². The van der Waals surface area contributed by atoms with Crippen LogP contribution in [0.15, 0.2) is 18.2 Å². The summed E-state index contributed by atoms with van der Waals surface area (Å²) in [6.45, 7) is 0. The average Bonchev–Trinajstić information content (AvgIpc) is 2.14. The maximum Gasteiger partial charge on any atom is 0.416 e. The third-order valence-corrected chi connectivity index (χ3v) is 1.93. The summed E-state index contributed by atoms with van der Waals surface area (Å²) in [7, 11) is 1.33. The standard InChI is InChI=1S/C9H7ClF3NO/c1-14-8(15)5-2-6(9(11,12)13)4-7(10)3-5/h2-4H,1H3,(H,14,15). The largest absolute Gasteiger partial charge is 0.416 e. The second-order valence-electron chi connectivity index (χ2n) is 2.81. The molecule has 0 heterocycles. The van der Waals surface area contributed by atoms with E-state index in [1.54, 1.807) is 0 Å². The van der Waals surface area contributed by atoms with Gasteiger partial charge in [-0.3, -0.25) is 4.79 Å². The minimum Gasteiger partial charge on any atom is -0.355 e. The predicted octanol–water partition coefficient (Wildman–Crippen LogP) is 2.72. The maximum absolute atomic E-state index is 12.3. The van der Waals surface area contributed by atoms with Gasteiger partial charge in [-0.1, -0.05) is 11.6 Å². The van der Waals surface area contributed by atoms with Crippen LogP contribution < -0.4 is 5.32 Å². The highest BCUT2D eigenvalue weighted by Gasteiger charge is 2.31. The molecule has 1 aromatic rings. The van der Waals surface area contributed by atoms with Crippen molar-refractivity contribution in [1.82, 2.24) is 5.32 Å². The Morgan fingerprint density at radius 3 is 2.40 bits per heavy atom. The minimum atomic E-state index is -4.51. The Morgan fingerprint density at radius 2 is 1.93 bits per heavy atom. The van der Waals surface area contributed by atoms with Crippen LogP contribution >= 0.6 is 11.6 Å². The number of hydrogen-bond acceptors (Lipinski definition) is 1. The summed E-state index contributed by atoms with van der Waals surface area (Å²) < 4.78 is 37.0. The molecule has 0 aromatic heterocycles. The lowest BCUT2D eigenvalue weighted by Gasteiger charge is -2.08. The molecule has 0 bridgehead atoms. The molecular formula is C9H7ClF3NO. The molecule has 0 aliphatic rings. The number of alkyl halides is 3. The first-order chi connectivity index (χ1) is 6.84. The van der Waals surface area contributed by atoms with Crippen molar-refractivity contribution in [1.29, 1.82) is 0 Å². The number of halogens is 4. The summed E-state index contributed by atoms with van der Waals surface area (Å²) >= 11 is 5.48. The Balaban J connectivity index is 3.23. The molecule has 0 saturated heterocycles. The smallest absolute Gasteiger partial charge is 0.355 e. The number of carbonyl (C=O) groups is 1. The number of rotatable bonds is 1. The molecule has 1 aromatic carbocycles. The second-order valence-corrected chi connectivity index (χ2v) is 3.24. The van der Waals surface area contributed by atoms with E-state index in [2.05, 4.69) is 5.32 Å². The monoisotopic (exact) mass is 237 g/mol. The highest BCUT2D eigenvalue weighted by molar-refractivity contribution is 6.31. The highest BCUT2D eigenvalue weighted by atomic mass is 35.5. The minimum absolute atomic E-state index is 0.114. The molecule has 1 amide bonds. The Bertz CT molecular complexity index is 389. The lowest BCUT2D eigenvalue weighted by atomic mass is 10.1. The van der Waals surface area contributed by atoms with Crippen LogP contribution in [0.4, 0.5) is 13.2 Å². The van der Waals surface area contributed by atoms with Crippen molar-refractivity contribution in [3.8, 4) is 0 Å². The Morgan fingerprint density at radius 1 is 1.33 bits per heavy atom. The first-order valence-corrected chi connectivity index (χ1v) is 4.32. The molecule has 2 nitrogen and oxygen atoms in total. The Labute approximate surface area is 89.0 Å². The van der Waals surface area contributed by atoms with Gasteiger partial charge in [-0.15, -0.1) is 0 Å². The third kappa shape index (κ3) is 2.86. The fourth-order valence-corrected chi connectivity index (χ4v) is 1.26. The van der Waals surface area contributed by atoms with Gasteiger partial charge in [-0.25, -0.2) is 0 Å². The third-order valence-electron chi connectivity index (χ3n) is 1.71. The van der Waals surface area contributed by atoms with Gasteiger partial charge >= 0.3 is 6.18 Å². The molecule has 0 aliphatic carbocycles. The first kappa shape index (κ1) is 11.8. The molecule has 0 atom stereocenters. The van der Waals surface area contributed by atoms with E-state index in [4.69, 9.17) is 11.6 Å². The summed E-state index contributed by atoms with van der Waals surface area (Å²) in [6.07, 6.45) is -4.51. The quantitative estimate of drug-likeness (QED) is 0.800. The number of benzene rings is 1. The summed E-state index contributed by atoms with van der Waals surface area (Å²) in [6, 6.07) is 2.70. The number of carbonyl (C=O) groups excluding carboxylic acids is 1. The van der Waals surface area contributed by atoms with E-state index < -0.39 is 17.6 Å². The van der Waals surface area contributed by atoms with Crippen LogP contribution in [0.2, 0.25) is 5.02 Å². The Kier molecular flexibility index (Phi) is 3.24. The lowest BCUT2D eigenvalue weighted by molar-refractivity contribution is -0.137. The molecule has 0 unspecified atom stereocenters. The van der Waals surface area contributed by atoms with Gasteiger partial charge in [0.25, 0.3) is 5.91 Å². The van der Waals surface area contributed by atoms with Crippen molar-refractivity contribution >= 4 is 17.5 Å². The molecule has 0 spiro atoms. The van der Waals surface area contributed by atoms with E-state index in [1.165, 1.54) is 13.1 Å². The zero-order valence-electron chi connectivity index (χ0n) is 7.65. The zero-order chi connectivity index (χ0) is 11.6. The van der Waals surface area contributed by atoms with Crippen LogP contribution in [0.5, 0.6) is 0 Å². The predicted molar refractivity (Wildman–Crippen MR) is 49.8 cm³/mol. The van der Waals surface area contributed by atoms with E-state index in [0.717, 1.165) is 12.1 Å². The molecular weight excluding hydrogens is 231 g/mol. The van der Waals surface area contributed by atoms with E-state index in [9.17, 15) is 18.0 Å². The van der Waals surface area contributed by atoms with E-state index in [0.29, 0.717) is 0 Å². The van der Waals surface area contributed by atoms with Crippen molar-refractivity contribution in [3.63, 3.8) is 0 Å². The highest BCUT2D eigenvalue weighted by Crippen LogP contribution is 2.31. The lowest BCUT2D eigenvalue weighted by Crippen LogP contribution is -2.18. The number of amides is 1. The summed E-state index contributed by atoms with van der Waals surface area (Å²) in [5, 5.41) is 2.10. The first-order valence-electron chi connectivity index (χ1n) is 3.94.